The fourth-order valence-corrected chi connectivity index (χ4v) is 5.27. The van der Waals surface area contributed by atoms with Crippen LogP contribution in [0.4, 0.5) is 0 Å². The van der Waals surface area contributed by atoms with Gasteiger partial charge in [0.1, 0.15) is 11.5 Å². The molecule has 0 amide bonds. The van der Waals surface area contributed by atoms with E-state index in [4.69, 9.17) is 9.47 Å². The third-order valence-corrected chi connectivity index (χ3v) is 6.64. The lowest BCUT2D eigenvalue weighted by atomic mass is 9.87. The molecule has 2 aliphatic carbocycles. The van der Waals surface area contributed by atoms with Gasteiger partial charge in [-0.15, -0.1) is 0 Å². The molecule has 3 unspecified atom stereocenters. The number of hydrogen-bond donors (Lipinski definition) is 0. The highest BCUT2D eigenvalue weighted by atomic mass is 79.9. The average molecular weight is 441 g/mol. The third kappa shape index (κ3) is 2.72. The highest BCUT2D eigenvalue weighted by molar-refractivity contribution is 9.10. The first-order valence-corrected chi connectivity index (χ1v) is 10.1. The second-order valence-corrected chi connectivity index (χ2v) is 8.45. The van der Waals surface area contributed by atoms with Gasteiger partial charge in [-0.3, -0.25) is 0 Å². The van der Waals surface area contributed by atoms with Gasteiger partial charge in [-0.1, -0.05) is 48.1 Å². The molecule has 2 aromatic carbocycles. The van der Waals surface area contributed by atoms with E-state index in [0.29, 0.717) is 23.0 Å². The number of carbonyl (C=O) groups is 2. The van der Waals surface area contributed by atoms with Crippen LogP contribution in [0.25, 0.3) is 10.8 Å². The van der Waals surface area contributed by atoms with Gasteiger partial charge in [-0.2, -0.15) is 0 Å². The smallest absolute Gasteiger partial charge is 0.338 e. The second-order valence-electron chi connectivity index (χ2n) is 7.59. The van der Waals surface area contributed by atoms with Crippen molar-refractivity contribution in [3.63, 3.8) is 0 Å². The van der Waals surface area contributed by atoms with Gasteiger partial charge < -0.3 is 9.47 Å². The number of carbonyl (C=O) groups excluding carboxylic acids is 2. The minimum atomic E-state index is -0.499. The molecule has 1 fully saturated rings. The van der Waals surface area contributed by atoms with Crippen molar-refractivity contribution in [2.45, 2.75) is 38.5 Å². The molecule has 1 saturated carbocycles. The minimum Gasteiger partial charge on any atom is -0.422 e. The van der Waals surface area contributed by atoms with Crippen molar-refractivity contribution in [2.75, 3.05) is 0 Å². The van der Waals surface area contributed by atoms with Crippen molar-refractivity contribution in [2.24, 2.45) is 5.92 Å². The summed E-state index contributed by atoms with van der Waals surface area (Å²) in [5.41, 5.74) is 2.33. The van der Waals surface area contributed by atoms with E-state index >= 15 is 0 Å². The Morgan fingerprint density at radius 2 is 1.79 bits per heavy atom. The van der Waals surface area contributed by atoms with Crippen LogP contribution in [-0.2, 0) is 9.59 Å². The Morgan fingerprint density at radius 1 is 1.14 bits per heavy atom. The van der Waals surface area contributed by atoms with E-state index < -0.39 is 11.9 Å². The van der Waals surface area contributed by atoms with Gasteiger partial charge in [0.15, 0.2) is 0 Å². The van der Waals surface area contributed by atoms with Crippen LogP contribution in [0.1, 0.15) is 49.7 Å². The predicted molar refractivity (Wildman–Crippen MR) is 112 cm³/mol. The lowest BCUT2D eigenvalue weighted by molar-refractivity contribution is -0.130. The van der Waals surface area contributed by atoms with E-state index in [9.17, 15) is 9.59 Å². The molecule has 0 aromatic heterocycles. The van der Waals surface area contributed by atoms with Crippen LogP contribution < -0.4 is 9.47 Å². The number of ether oxygens (including phenoxy) is 2. The summed E-state index contributed by atoms with van der Waals surface area (Å²) in [5, 5.41) is 1.48. The van der Waals surface area contributed by atoms with Crippen LogP contribution in [0, 0.1) is 5.92 Å². The first-order valence-electron chi connectivity index (χ1n) is 9.35. The molecular weight excluding hydrogens is 420 g/mol. The summed E-state index contributed by atoms with van der Waals surface area (Å²) in [5.74, 6) is 1.11. The first-order chi connectivity index (χ1) is 13.3. The van der Waals surface area contributed by atoms with Crippen molar-refractivity contribution in [3.8, 4) is 11.5 Å². The summed E-state index contributed by atoms with van der Waals surface area (Å²) < 4.78 is 12.4. The van der Waals surface area contributed by atoms with E-state index in [1.165, 1.54) is 6.08 Å². The second kappa shape index (κ2) is 6.89. The van der Waals surface area contributed by atoms with Gasteiger partial charge in [-0.05, 0) is 43.6 Å². The van der Waals surface area contributed by atoms with Crippen LogP contribution in [-0.4, -0.2) is 11.9 Å². The van der Waals surface area contributed by atoms with Crippen LogP contribution in [0.5, 0.6) is 11.5 Å². The van der Waals surface area contributed by atoms with Gasteiger partial charge in [-0.25, -0.2) is 9.59 Å². The lowest BCUT2D eigenvalue weighted by Gasteiger charge is -2.24. The maximum atomic E-state index is 12.4. The summed E-state index contributed by atoms with van der Waals surface area (Å²) in [6.45, 7) is 11.1. The van der Waals surface area contributed by atoms with E-state index in [1.807, 2.05) is 18.2 Å². The van der Waals surface area contributed by atoms with E-state index in [-0.39, 0.29) is 11.8 Å². The number of hydrogen-bond acceptors (Lipinski definition) is 4. The van der Waals surface area contributed by atoms with E-state index in [0.717, 1.165) is 39.2 Å². The normalized spacial score (nSPS) is 22.0. The van der Waals surface area contributed by atoms with E-state index in [2.05, 4.69) is 36.0 Å². The van der Waals surface area contributed by atoms with Crippen molar-refractivity contribution < 1.29 is 19.1 Å². The number of rotatable bonds is 4. The van der Waals surface area contributed by atoms with Gasteiger partial charge in [0.05, 0.1) is 0 Å². The van der Waals surface area contributed by atoms with Crippen LogP contribution >= 0.6 is 15.9 Å². The predicted octanol–water partition coefficient (Wildman–Crippen LogP) is 5.79. The molecule has 3 atom stereocenters. The molecule has 144 valence electrons. The molecular formula is C23H21BrO4. The van der Waals surface area contributed by atoms with Gasteiger partial charge in [0.2, 0.25) is 0 Å². The Balaban J connectivity index is 2.08. The molecule has 28 heavy (non-hydrogen) atoms. The van der Waals surface area contributed by atoms with Gasteiger partial charge >= 0.3 is 11.9 Å². The molecule has 2 aromatic rings. The largest absolute Gasteiger partial charge is 0.422 e. The maximum absolute atomic E-state index is 12.4. The molecule has 5 heteroatoms. The molecule has 0 N–H and O–H groups in total. The highest BCUT2D eigenvalue weighted by Crippen LogP contribution is 2.64. The summed E-state index contributed by atoms with van der Waals surface area (Å²) in [6, 6.07) is 5.66. The zero-order valence-corrected chi connectivity index (χ0v) is 17.5. The van der Waals surface area contributed by atoms with Crippen LogP contribution in [0.3, 0.4) is 0 Å². The summed E-state index contributed by atoms with van der Waals surface area (Å²) in [6.07, 6.45) is 3.23. The molecule has 0 saturated heterocycles. The molecule has 4 rings (SSSR count). The van der Waals surface area contributed by atoms with Crippen molar-refractivity contribution in [1.82, 2.24) is 0 Å². The SMILES string of the molecule is C=CC(=O)Oc1c2c(c(OC(=O)C(=C)C)c3cccc(Br)c13)C1CCC2C1C. The molecule has 0 spiro atoms. The topological polar surface area (TPSA) is 52.6 Å². The molecule has 4 nitrogen and oxygen atoms in total. The van der Waals surface area contributed by atoms with Gasteiger partial charge in [0.25, 0.3) is 0 Å². The summed E-state index contributed by atoms with van der Waals surface area (Å²) in [4.78, 5) is 24.5. The summed E-state index contributed by atoms with van der Waals surface area (Å²) >= 11 is 3.59. The average Bonchev–Trinajstić information content (AvgIpc) is 3.16. The van der Waals surface area contributed by atoms with Gasteiger partial charge in [0, 0.05) is 38.0 Å². The van der Waals surface area contributed by atoms with Crippen LogP contribution in [0.15, 0.2) is 47.5 Å². The summed E-state index contributed by atoms with van der Waals surface area (Å²) in [7, 11) is 0. The number of esters is 2. The number of benzene rings is 2. The van der Waals surface area contributed by atoms with Crippen molar-refractivity contribution in [3.05, 3.63) is 58.6 Å². The molecule has 2 aliphatic rings. The first kappa shape index (κ1) is 18.9. The molecule has 0 aliphatic heterocycles. The quantitative estimate of drug-likeness (QED) is 0.343. The lowest BCUT2D eigenvalue weighted by Crippen LogP contribution is -2.14. The molecule has 0 heterocycles. The van der Waals surface area contributed by atoms with Crippen molar-refractivity contribution >= 4 is 38.6 Å². The number of fused-ring (bicyclic) bond motifs is 6. The Kier molecular flexibility index (Phi) is 4.66. The maximum Gasteiger partial charge on any atom is 0.338 e. The zero-order valence-electron chi connectivity index (χ0n) is 15.9. The van der Waals surface area contributed by atoms with Crippen LogP contribution in [0.2, 0.25) is 0 Å². The molecule has 0 radical (unpaired) electrons. The zero-order chi connectivity index (χ0) is 20.2. The Labute approximate surface area is 172 Å². The fourth-order valence-electron chi connectivity index (χ4n) is 4.72. The Bertz CT molecular complexity index is 1050. The standard InChI is InChI=1S/C23H21BrO4/c1-5-17(25)27-22-18-15(7-6-8-16(18)24)21(28-23(26)11(2)3)19-13-9-10-14(12(13)4)20(19)22/h5-8,12-14H,1-2,9-10H2,3-4H3. The minimum absolute atomic E-state index is 0.270. The monoisotopic (exact) mass is 440 g/mol. The third-order valence-electron chi connectivity index (χ3n) is 5.98. The van der Waals surface area contributed by atoms with Crippen molar-refractivity contribution in [1.29, 1.82) is 0 Å². The molecule has 2 bridgehead atoms. The fraction of sp³-hybridized carbons (Fsp3) is 0.304. The van der Waals surface area contributed by atoms with E-state index in [1.54, 1.807) is 6.92 Å². The highest BCUT2D eigenvalue weighted by Gasteiger charge is 2.48. The Morgan fingerprint density at radius 3 is 2.39 bits per heavy atom. The Hall–Kier alpha value is -2.40. The number of halogens is 1.